The van der Waals surface area contributed by atoms with Gasteiger partial charge in [0, 0.05) is 6.61 Å². The smallest absolute Gasteiger partial charge is 0.145 e. The van der Waals surface area contributed by atoms with Crippen molar-refractivity contribution in [3.8, 4) is 0 Å². The van der Waals surface area contributed by atoms with Crippen molar-refractivity contribution in [2.24, 2.45) is 0 Å². The van der Waals surface area contributed by atoms with Gasteiger partial charge in [0.1, 0.15) is 10.5 Å². The SMILES string of the molecule is [SiH3]OCCCCCC1CO1. The maximum atomic E-state index is 5.09. The molecule has 1 saturated heterocycles. The number of hydrogen-bond acceptors (Lipinski definition) is 2. The number of hydrogen-bond donors (Lipinski definition) is 0. The van der Waals surface area contributed by atoms with Gasteiger partial charge in [0.2, 0.25) is 0 Å². The van der Waals surface area contributed by atoms with Gasteiger partial charge in [0.15, 0.2) is 0 Å². The molecule has 1 aliphatic heterocycles. The molecule has 0 N–H and O–H groups in total. The lowest BCUT2D eigenvalue weighted by molar-refractivity contribution is 0.328. The summed E-state index contributed by atoms with van der Waals surface area (Å²) < 4.78 is 10.2. The van der Waals surface area contributed by atoms with Gasteiger partial charge in [-0.05, 0) is 12.8 Å². The van der Waals surface area contributed by atoms with Crippen LogP contribution in [0.5, 0.6) is 0 Å². The fourth-order valence-corrected chi connectivity index (χ4v) is 1.32. The second kappa shape index (κ2) is 4.88. The summed E-state index contributed by atoms with van der Waals surface area (Å²) in [5, 5.41) is 0. The molecule has 2 nitrogen and oxygen atoms in total. The molecule has 60 valence electrons. The third-order valence-corrected chi connectivity index (χ3v) is 2.19. The largest absolute Gasteiger partial charge is 0.428 e. The zero-order valence-electron chi connectivity index (χ0n) is 6.64. The zero-order valence-corrected chi connectivity index (χ0v) is 8.64. The maximum absolute atomic E-state index is 5.09. The van der Waals surface area contributed by atoms with Crippen LogP contribution in [0.1, 0.15) is 25.7 Å². The lowest BCUT2D eigenvalue weighted by Gasteiger charge is -1.97. The van der Waals surface area contributed by atoms with Crippen LogP contribution in [-0.4, -0.2) is 29.8 Å². The molecule has 1 aliphatic rings. The number of ether oxygens (including phenoxy) is 1. The van der Waals surface area contributed by atoms with E-state index in [1.165, 1.54) is 25.7 Å². The van der Waals surface area contributed by atoms with E-state index in [4.69, 9.17) is 9.16 Å². The van der Waals surface area contributed by atoms with Crippen molar-refractivity contribution in [2.75, 3.05) is 13.2 Å². The highest BCUT2D eigenvalue weighted by atomic mass is 28.2. The molecule has 0 amide bonds. The molecule has 3 heteroatoms. The number of unbranched alkanes of at least 4 members (excludes halogenated alkanes) is 2. The van der Waals surface area contributed by atoms with Crippen LogP contribution in [0.3, 0.4) is 0 Å². The van der Waals surface area contributed by atoms with Gasteiger partial charge in [-0.25, -0.2) is 0 Å². The van der Waals surface area contributed by atoms with E-state index in [2.05, 4.69) is 0 Å². The third kappa shape index (κ3) is 4.03. The normalized spacial score (nSPS) is 23.4. The van der Waals surface area contributed by atoms with E-state index in [1.807, 2.05) is 0 Å². The van der Waals surface area contributed by atoms with Crippen LogP contribution in [0.25, 0.3) is 0 Å². The minimum absolute atomic E-state index is 0.622. The van der Waals surface area contributed by atoms with Crippen molar-refractivity contribution in [3.63, 3.8) is 0 Å². The fraction of sp³-hybridized carbons (Fsp3) is 1.00. The maximum Gasteiger partial charge on any atom is 0.145 e. The van der Waals surface area contributed by atoms with Gasteiger partial charge in [-0.2, -0.15) is 0 Å². The summed E-state index contributed by atoms with van der Waals surface area (Å²) in [5.41, 5.74) is 0. The van der Waals surface area contributed by atoms with E-state index >= 15 is 0 Å². The van der Waals surface area contributed by atoms with Crippen LogP contribution in [0.2, 0.25) is 0 Å². The highest BCUT2D eigenvalue weighted by molar-refractivity contribution is 5.97. The van der Waals surface area contributed by atoms with Crippen LogP contribution in [0.15, 0.2) is 0 Å². The van der Waals surface area contributed by atoms with Crippen molar-refractivity contribution in [3.05, 3.63) is 0 Å². The topological polar surface area (TPSA) is 21.8 Å². The first-order valence-electron chi connectivity index (χ1n) is 4.04. The molecule has 0 aromatic heterocycles. The van der Waals surface area contributed by atoms with Crippen LogP contribution in [-0.2, 0) is 9.16 Å². The number of rotatable bonds is 6. The van der Waals surface area contributed by atoms with Crippen LogP contribution >= 0.6 is 0 Å². The van der Waals surface area contributed by atoms with Gasteiger partial charge >= 0.3 is 0 Å². The molecule has 10 heavy (non-hydrogen) atoms. The average Bonchev–Trinajstić information content (AvgIpc) is 2.71. The summed E-state index contributed by atoms with van der Waals surface area (Å²) in [4.78, 5) is 0. The van der Waals surface area contributed by atoms with Gasteiger partial charge in [0.25, 0.3) is 0 Å². The van der Waals surface area contributed by atoms with Crippen molar-refractivity contribution in [1.29, 1.82) is 0 Å². The Morgan fingerprint density at radius 2 is 2.20 bits per heavy atom. The molecule has 0 aromatic rings. The molecule has 1 rings (SSSR count). The summed E-state index contributed by atoms with van der Waals surface area (Å²) in [6, 6.07) is 0. The first-order chi connectivity index (χ1) is 4.93. The van der Waals surface area contributed by atoms with Gasteiger partial charge < -0.3 is 9.16 Å². The molecule has 0 radical (unpaired) electrons. The Bertz CT molecular complexity index is 83.7. The van der Waals surface area contributed by atoms with E-state index < -0.39 is 0 Å². The second-order valence-corrected chi connectivity index (χ2v) is 3.37. The first kappa shape index (κ1) is 8.24. The summed E-state index contributed by atoms with van der Waals surface area (Å²) in [5.74, 6) is 0. The quantitative estimate of drug-likeness (QED) is 0.315. The Morgan fingerprint density at radius 1 is 1.40 bits per heavy atom. The van der Waals surface area contributed by atoms with Gasteiger partial charge in [0.05, 0.1) is 12.7 Å². The monoisotopic (exact) mass is 160 g/mol. The predicted octanol–water partition coefficient (Wildman–Crippen LogP) is 0.243. The zero-order chi connectivity index (χ0) is 7.23. The standard InChI is InChI=1S/C7H16O2Si/c10-9-5-3-1-2-4-7-6-8-7/h7H,1-6H2,10H3. The van der Waals surface area contributed by atoms with E-state index in [0.717, 1.165) is 23.7 Å². The molecule has 1 fully saturated rings. The molecule has 0 aromatic carbocycles. The average molecular weight is 160 g/mol. The van der Waals surface area contributed by atoms with Gasteiger partial charge in [-0.15, -0.1) is 0 Å². The van der Waals surface area contributed by atoms with Crippen LogP contribution in [0, 0.1) is 0 Å². The summed E-state index contributed by atoms with van der Waals surface area (Å²) in [6.45, 7) is 1.98. The van der Waals surface area contributed by atoms with Gasteiger partial charge in [-0.3, -0.25) is 0 Å². The minimum Gasteiger partial charge on any atom is -0.428 e. The van der Waals surface area contributed by atoms with Crippen molar-refractivity contribution in [1.82, 2.24) is 0 Å². The molecular weight excluding hydrogens is 144 g/mol. The van der Waals surface area contributed by atoms with Crippen molar-refractivity contribution < 1.29 is 9.16 Å². The van der Waals surface area contributed by atoms with E-state index in [0.29, 0.717) is 6.10 Å². The lowest BCUT2D eigenvalue weighted by Crippen LogP contribution is -1.91. The minimum atomic E-state index is 0.622. The molecule has 1 heterocycles. The molecule has 0 bridgehead atoms. The summed E-state index contributed by atoms with van der Waals surface area (Å²) in [6.07, 6.45) is 5.74. The Kier molecular flexibility index (Phi) is 4.02. The summed E-state index contributed by atoms with van der Waals surface area (Å²) in [7, 11) is 0.892. The van der Waals surface area contributed by atoms with Crippen molar-refractivity contribution in [2.45, 2.75) is 31.8 Å². The Morgan fingerprint density at radius 3 is 2.80 bits per heavy atom. The molecule has 0 aliphatic carbocycles. The summed E-state index contributed by atoms with van der Waals surface area (Å²) >= 11 is 0. The molecule has 0 saturated carbocycles. The van der Waals surface area contributed by atoms with Crippen molar-refractivity contribution >= 4 is 10.5 Å². The third-order valence-electron chi connectivity index (χ3n) is 1.78. The van der Waals surface area contributed by atoms with Gasteiger partial charge in [-0.1, -0.05) is 12.8 Å². The Labute approximate surface area is 65.4 Å². The molecule has 1 atom stereocenters. The second-order valence-electron chi connectivity index (χ2n) is 2.80. The molecule has 1 unspecified atom stereocenters. The van der Waals surface area contributed by atoms with E-state index in [1.54, 1.807) is 0 Å². The molecular formula is C7H16O2Si. The number of epoxide rings is 1. The highest BCUT2D eigenvalue weighted by Crippen LogP contribution is 2.16. The lowest BCUT2D eigenvalue weighted by atomic mass is 10.2. The van der Waals surface area contributed by atoms with Crippen LogP contribution < -0.4 is 0 Å². The Hall–Kier alpha value is 0.137. The Balaban J connectivity index is 1.68. The van der Waals surface area contributed by atoms with Crippen LogP contribution in [0.4, 0.5) is 0 Å². The molecule has 0 spiro atoms. The van der Waals surface area contributed by atoms with E-state index in [9.17, 15) is 0 Å². The van der Waals surface area contributed by atoms with E-state index in [-0.39, 0.29) is 0 Å². The highest BCUT2D eigenvalue weighted by Gasteiger charge is 2.20. The first-order valence-corrected chi connectivity index (χ1v) is 4.85. The fourth-order valence-electron chi connectivity index (χ4n) is 1.03. The predicted molar refractivity (Wildman–Crippen MR) is 44.1 cm³/mol.